The number of H-pyrrole nitrogens is 1. The number of amides is 1. The molecule has 1 amide bonds. The predicted molar refractivity (Wildman–Crippen MR) is 93.6 cm³/mol. The first-order chi connectivity index (χ1) is 11.1. The van der Waals surface area contributed by atoms with Gasteiger partial charge >= 0.3 is 0 Å². The Hall–Kier alpha value is -2.40. The number of aromatic amines is 1. The molecule has 1 aliphatic carbocycles. The highest BCUT2D eigenvalue weighted by Gasteiger charge is 2.18. The maximum Gasteiger partial charge on any atom is 0.265 e. The number of rotatable bonds is 2. The molecule has 0 aliphatic heterocycles. The average Bonchev–Trinajstić information content (AvgIpc) is 3.16. The summed E-state index contributed by atoms with van der Waals surface area (Å²) >= 11 is 1.43. The molecular formula is C18H16N2O2S. The van der Waals surface area contributed by atoms with Crippen molar-refractivity contribution in [1.82, 2.24) is 4.98 Å². The summed E-state index contributed by atoms with van der Waals surface area (Å²) in [6.45, 7) is 1.97. The van der Waals surface area contributed by atoms with Crippen LogP contribution in [0.15, 0.2) is 34.4 Å². The topological polar surface area (TPSA) is 62.0 Å². The Bertz CT molecular complexity index is 984. The first-order valence-electron chi connectivity index (χ1n) is 7.66. The van der Waals surface area contributed by atoms with Gasteiger partial charge in [-0.05, 0) is 60.9 Å². The summed E-state index contributed by atoms with van der Waals surface area (Å²) in [5.74, 6) is -0.119. The van der Waals surface area contributed by atoms with Gasteiger partial charge in [-0.15, -0.1) is 11.3 Å². The third-order valence-electron chi connectivity index (χ3n) is 4.30. The fourth-order valence-electron chi connectivity index (χ4n) is 3.22. The molecule has 5 heteroatoms. The van der Waals surface area contributed by atoms with Gasteiger partial charge in [0.1, 0.15) is 0 Å². The Balaban J connectivity index is 1.71. The van der Waals surface area contributed by atoms with Gasteiger partial charge in [0, 0.05) is 16.6 Å². The van der Waals surface area contributed by atoms with E-state index in [1.807, 2.05) is 36.6 Å². The molecule has 0 bridgehead atoms. The Labute approximate surface area is 137 Å². The van der Waals surface area contributed by atoms with Gasteiger partial charge < -0.3 is 10.3 Å². The molecule has 0 unspecified atom stereocenters. The molecule has 0 fully saturated rings. The summed E-state index contributed by atoms with van der Waals surface area (Å²) in [4.78, 5) is 28.0. The van der Waals surface area contributed by atoms with E-state index >= 15 is 0 Å². The molecule has 23 heavy (non-hydrogen) atoms. The van der Waals surface area contributed by atoms with Crippen molar-refractivity contribution in [1.29, 1.82) is 0 Å². The van der Waals surface area contributed by atoms with Crippen LogP contribution in [0.4, 0.5) is 5.69 Å². The summed E-state index contributed by atoms with van der Waals surface area (Å²) in [6.07, 6.45) is 2.85. The highest BCUT2D eigenvalue weighted by atomic mass is 32.1. The van der Waals surface area contributed by atoms with E-state index in [1.165, 1.54) is 11.3 Å². The summed E-state index contributed by atoms with van der Waals surface area (Å²) in [5, 5.41) is 5.94. The number of carbonyl (C=O) groups is 1. The molecule has 2 N–H and O–H groups in total. The molecule has 4 nitrogen and oxygen atoms in total. The monoisotopic (exact) mass is 324 g/mol. The number of hydrogen-bond acceptors (Lipinski definition) is 3. The normalized spacial score (nSPS) is 13.3. The van der Waals surface area contributed by atoms with E-state index in [0.29, 0.717) is 10.6 Å². The second kappa shape index (κ2) is 5.35. The van der Waals surface area contributed by atoms with Gasteiger partial charge in [0.2, 0.25) is 0 Å². The molecule has 0 radical (unpaired) electrons. The number of anilines is 1. The third kappa shape index (κ3) is 2.47. The van der Waals surface area contributed by atoms with Crippen molar-refractivity contribution in [2.75, 3.05) is 5.32 Å². The second-order valence-electron chi connectivity index (χ2n) is 5.97. The molecule has 4 rings (SSSR count). The van der Waals surface area contributed by atoms with Crippen LogP contribution < -0.4 is 10.9 Å². The molecule has 0 spiro atoms. The van der Waals surface area contributed by atoms with Gasteiger partial charge in [0.05, 0.1) is 10.4 Å². The number of pyridine rings is 1. The number of nitrogens with one attached hydrogen (secondary N) is 2. The van der Waals surface area contributed by atoms with E-state index in [0.717, 1.165) is 46.9 Å². The van der Waals surface area contributed by atoms with E-state index < -0.39 is 0 Å². The van der Waals surface area contributed by atoms with Crippen molar-refractivity contribution in [2.45, 2.75) is 26.2 Å². The largest absolute Gasteiger partial charge is 0.322 e. The van der Waals surface area contributed by atoms with Crippen molar-refractivity contribution in [3.8, 4) is 0 Å². The minimum atomic E-state index is -0.119. The van der Waals surface area contributed by atoms with E-state index in [1.54, 1.807) is 0 Å². The van der Waals surface area contributed by atoms with Crippen molar-refractivity contribution in [3.63, 3.8) is 0 Å². The summed E-state index contributed by atoms with van der Waals surface area (Å²) < 4.78 is 0. The van der Waals surface area contributed by atoms with Crippen LogP contribution in [0.1, 0.15) is 32.8 Å². The third-order valence-corrected chi connectivity index (χ3v) is 5.34. The number of benzene rings is 1. The van der Waals surface area contributed by atoms with Gasteiger partial charge in [-0.1, -0.05) is 6.07 Å². The number of carbonyl (C=O) groups excluding carboxylic acids is 1. The number of hydrogen-bond donors (Lipinski definition) is 2. The fraction of sp³-hybridized carbons (Fsp3) is 0.222. The molecule has 3 aromatic rings. The molecule has 2 aromatic heterocycles. The molecule has 0 saturated carbocycles. The average molecular weight is 324 g/mol. The van der Waals surface area contributed by atoms with Crippen LogP contribution in [0.25, 0.3) is 10.9 Å². The van der Waals surface area contributed by atoms with E-state index in [-0.39, 0.29) is 11.5 Å². The minimum Gasteiger partial charge on any atom is -0.322 e. The minimum absolute atomic E-state index is 0.00218. The molecule has 2 heterocycles. The second-order valence-corrected chi connectivity index (χ2v) is 6.88. The first-order valence-corrected chi connectivity index (χ1v) is 8.54. The van der Waals surface area contributed by atoms with Gasteiger partial charge in [-0.2, -0.15) is 0 Å². The quantitative estimate of drug-likeness (QED) is 0.756. The molecule has 116 valence electrons. The highest BCUT2D eigenvalue weighted by molar-refractivity contribution is 7.12. The summed E-state index contributed by atoms with van der Waals surface area (Å²) in [5.41, 5.74) is 4.65. The van der Waals surface area contributed by atoms with Gasteiger partial charge in [-0.3, -0.25) is 9.59 Å². The Morgan fingerprint density at radius 1 is 1.22 bits per heavy atom. The smallest absolute Gasteiger partial charge is 0.265 e. The zero-order valence-electron chi connectivity index (χ0n) is 12.7. The molecule has 0 saturated heterocycles. The zero-order valence-corrected chi connectivity index (χ0v) is 13.5. The number of fused-ring (bicyclic) bond motifs is 3. The Morgan fingerprint density at radius 2 is 2.04 bits per heavy atom. The van der Waals surface area contributed by atoms with Crippen LogP contribution in [-0.2, 0) is 12.8 Å². The lowest BCUT2D eigenvalue weighted by Gasteiger charge is -2.08. The summed E-state index contributed by atoms with van der Waals surface area (Å²) in [6, 6.07) is 7.60. The highest BCUT2D eigenvalue weighted by Crippen LogP contribution is 2.28. The lowest BCUT2D eigenvalue weighted by molar-refractivity contribution is 0.103. The van der Waals surface area contributed by atoms with Gasteiger partial charge in [0.25, 0.3) is 11.5 Å². The van der Waals surface area contributed by atoms with Crippen molar-refractivity contribution < 1.29 is 4.79 Å². The molecule has 1 aromatic carbocycles. The first kappa shape index (κ1) is 14.2. The lowest BCUT2D eigenvalue weighted by Crippen LogP contribution is -2.13. The van der Waals surface area contributed by atoms with Gasteiger partial charge in [-0.25, -0.2) is 0 Å². The Kier molecular flexibility index (Phi) is 3.31. The number of thiophene rings is 1. The Morgan fingerprint density at radius 3 is 2.83 bits per heavy atom. The van der Waals surface area contributed by atoms with Crippen LogP contribution >= 0.6 is 11.3 Å². The fourth-order valence-corrected chi connectivity index (χ4v) is 4.01. The SMILES string of the molecule is Cc1csc(C(=O)Nc2ccc3c4c(c(=O)[nH]c3c2)CCC4)c1. The van der Waals surface area contributed by atoms with Crippen LogP contribution in [0, 0.1) is 6.92 Å². The lowest BCUT2D eigenvalue weighted by atomic mass is 10.1. The van der Waals surface area contributed by atoms with E-state index in [4.69, 9.17) is 0 Å². The van der Waals surface area contributed by atoms with E-state index in [2.05, 4.69) is 10.3 Å². The number of aryl methyl sites for hydroxylation is 2. The van der Waals surface area contributed by atoms with Crippen molar-refractivity contribution in [3.05, 3.63) is 61.6 Å². The molecule has 1 aliphatic rings. The molecular weight excluding hydrogens is 308 g/mol. The van der Waals surface area contributed by atoms with Crippen molar-refractivity contribution in [2.24, 2.45) is 0 Å². The zero-order chi connectivity index (χ0) is 16.0. The summed E-state index contributed by atoms with van der Waals surface area (Å²) in [7, 11) is 0. The van der Waals surface area contributed by atoms with Crippen LogP contribution in [0.2, 0.25) is 0 Å². The predicted octanol–water partition coefficient (Wildman–Crippen LogP) is 3.64. The van der Waals surface area contributed by atoms with Crippen LogP contribution in [0.3, 0.4) is 0 Å². The standard InChI is InChI=1S/C18H16N2O2S/c1-10-7-16(23-9-10)18(22)19-11-5-6-13-12-3-2-4-14(12)17(21)20-15(13)8-11/h5-9H,2-4H2,1H3,(H,19,22)(H,20,21). The van der Waals surface area contributed by atoms with Crippen LogP contribution in [0.5, 0.6) is 0 Å². The maximum atomic E-state index is 12.2. The van der Waals surface area contributed by atoms with Crippen molar-refractivity contribution >= 4 is 33.8 Å². The van der Waals surface area contributed by atoms with Crippen LogP contribution in [-0.4, -0.2) is 10.9 Å². The molecule has 0 atom stereocenters. The van der Waals surface area contributed by atoms with E-state index in [9.17, 15) is 9.59 Å². The number of aromatic nitrogens is 1. The van der Waals surface area contributed by atoms with Gasteiger partial charge in [0.15, 0.2) is 0 Å². The maximum absolute atomic E-state index is 12.2.